The molecule has 0 saturated carbocycles. The first-order chi connectivity index (χ1) is 13.1. The Morgan fingerprint density at radius 3 is 2.32 bits per heavy atom. The third-order valence-corrected chi connectivity index (χ3v) is 3.65. The van der Waals surface area contributed by atoms with Gasteiger partial charge in [-0.1, -0.05) is 24.3 Å². The van der Waals surface area contributed by atoms with Crippen molar-refractivity contribution >= 4 is 40.9 Å². The van der Waals surface area contributed by atoms with Gasteiger partial charge in [-0.2, -0.15) is 0 Å². The predicted molar refractivity (Wildman–Crippen MR) is 113 cm³/mol. The maximum Gasteiger partial charge on any atom is 0.253 e. The standard InChI is InChI=1S/C21H22FN3O2S/c1-21(2,3)25-19(27)16-6-4-5-7-17(16)23-20(28)24-18(26)13-10-14-8-11-15(22)12-9-14/h4-13H,1-3H3,(H,25,27)(H2,23,24,26,28). The molecule has 28 heavy (non-hydrogen) atoms. The maximum absolute atomic E-state index is 12.9. The molecular formula is C21H22FN3O2S. The van der Waals surface area contributed by atoms with Gasteiger partial charge < -0.3 is 10.6 Å². The predicted octanol–water partition coefficient (Wildman–Crippen LogP) is 3.88. The highest BCUT2D eigenvalue weighted by Gasteiger charge is 2.18. The Hall–Kier alpha value is -3.06. The van der Waals surface area contributed by atoms with Crippen LogP contribution in [0.2, 0.25) is 0 Å². The number of carbonyl (C=O) groups is 2. The van der Waals surface area contributed by atoms with Gasteiger partial charge >= 0.3 is 0 Å². The van der Waals surface area contributed by atoms with E-state index in [1.807, 2.05) is 20.8 Å². The fourth-order valence-electron chi connectivity index (χ4n) is 2.25. The van der Waals surface area contributed by atoms with Gasteiger partial charge in [-0.05, 0) is 68.9 Å². The van der Waals surface area contributed by atoms with E-state index in [9.17, 15) is 14.0 Å². The fourth-order valence-corrected chi connectivity index (χ4v) is 2.46. The van der Waals surface area contributed by atoms with Crippen LogP contribution in [0.25, 0.3) is 6.08 Å². The highest BCUT2D eigenvalue weighted by Crippen LogP contribution is 2.16. The van der Waals surface area contributed by atoms with E-state index in [0.29, 0.717) is 16.8 Å². The summed E-state index contributed by atoms with van der Waals surface area (Å²) in [7, 11) is 0. The van der Waals surface area contributed by atoms with E-state index in [2.05, 4.69) is 16.0 Å². The maximum atomic E-state index is 12.9. The van der Waals surface area contributed by atoms with Gasteiger partial charge in [0.25, 0.3) is 5.91 Å². The van der Waals surface area contributed by atoms with Crippen molar-refractivity contribution in [2.75, 3.05) is 5.32 Å². The number of hydrogen-bond donors (Lipinski definition) is 3. The minimum atomic E-state index is -0.446. The molecule has 0 spiro atoms. The first-order valence-electron chi connectivity index (χ1n) is 8.61. The average Bonchev–Trinajstić information content (AvgIpc) is 2.60. The number of hydrogen-bond acceptors (Lipinski definition) is 3. The van der Waals surface area contributed by atoms with E-state index in [0.717, 1.165) is 0 Å². The number of thiocarbonyl (C=S) groups is 1. The van der Waals surface area contributed by atoms with Gasteiger partial charge in [-0.3, -0.25) is 14.9 Å². The largest absolute Gasteiger partial charge is 0.347 e. The Balaban J connectivity index is 2.00. The lowest BCUT2D eigenvalue weighted by Gasteiger charge is -2.21. The second-order valence-electron chi connectivity index (χ2n) is 7.08. The molecule has 2 aromatic carbocycles. The summed E-state index contributed by atoms with van der Waals surface area (Å²) in [4.78, 5) is 24.5. The molecule has 0 aliphatic heterocycles. The lowest BCUT2D eigenvalue weighted by atomic mass is 10.1. The molecule has 7 heteroatoms. The summed E-state index contributed by atoms with van der Waals surface area (Å²) in [6.45, 7) is 5.66. The number of nitrogens with one attached hydrogen (secondary N) is 3. The van der Waals surface area contributed by atoms with Gasteiger partial charge in [-0.25, -0.2) is 4.39 Å². The zero-order chi connectivity index (χ0) is 20.7. The molecule has 2 rings (SSSR count). The topological polar surface area (TPSA) is 70.2 Å². The second kappa shape index (κ2) is 9.23. The molecule has 146 valence electrons. The molecule has 0 saturated heterocycles. The van der Waals surface area contributed by atoms with Crippen molar-refractivity contribution in [1.82, 2.24) is 10.6 Å². The Morgan fingerprint density at radius 1 is 1.04 bits per heavy atom. The average molecular weight is 399 g/mol. The van der Waals surface area contributed by atoms with Gasteiger partial charge in [0.15, 0.2) is 5.11 Å². The molecule has 0 aliphatic rings. The van der Waals surface area contributed by atoms with Crippen LogP contribution < -0.4 is 16.0 Å². The van der Waals surface area contributed by atoms with Crippen LogP contribution in [0.4, 0.5) is 10.1 Å². The number of para-hydroxylation sites is 1. The number of benzene rings is 2. The first-order valence-corrected chi connectivity index (χ1v) is 9.02. The summed E-state index contributed by atoms with van der Waals surface area (Å²) >= 11 is 5.16. The molecule has 3 N–H and O–H groups in total. The Bertz CT molecular complexity index is 903. The lowest BCUT2D eigenvalue weighted by molar-refractivity contribution is -0.115. The molecule has 5 nitrogen and oxygen atoms in total. The number of rotatable bonds is 4. The van der Waals surface area contributed by atoms with E-state index in [1.54, 1.807) is 42.5 Å². The zero-order valence-electron chi connectivity index (χ0n) is 15.9. The minimum absolute atomic E-state index is 0.0600. The number of amides is 2. The Labute approximate surface area is 169 Å². The van der Waals surface area contributed by atoms with Crippen LogP contribution in [0.3, 0.4) is 0 Å². The Kier molecular flexibility index (Phi) is 7.00. The molecule has 2 aromatic rings. The van der Waals surface area contributed by atoms with Gasteiger partial charge in [0.2, 0.25) is 5.91 Å². The summed E-state index contributed by atoms with van der Waals surface area (Å²) in [6.07, 6.45) is 2.83. The SMILES string of the molecule is CC(C)(C)NC(=O)c1ccccc1NC(=S)NC(=O)C=Cc1ccc(F)cc1. The number of halogens is 1. The van der Waals surface area contributed by atoms with Crippen molar-refractivity contribution in [2.24, 2.45) is 0 Å². The molecule has 0 radical (unpaired) electrons. The van der Waals surface area contributed by atoms with Crippen molar-refractivity contribution in [2.45, 2.75) is 26.3 Å². The van der Waals surface area contributed by atoms with Crippen LogP contribution in [-0.2, 0) is 4.79 Å². The van der Waals surface area contributed by atoms with E-state index < -0.39 is 5.91 Å². The molecule has 0 aromatic heterocycles. The number of anilines is 1. The van der Waals surface area contributed by atoms with Crippen molar-refractivity contribution in [1.29, 1.82) is 0 Å². The van der Waals surface area contributed by atoms with E-state index in [4.69, 9.17) is 12.2 Å². The summed E-state index contributed by atoms with van der Waals surface area (Å²) < 4.78 is 12.9. The van der Waals surface area contributed by atoms with Crippen LogP contribution >= 0.6 is 12.2 Å². The van der Waals surface area contributed by atoms with Gasteiger partial charge in [0, 0.05) is 11.6 Å². The summed E-state index contributed by atoms with van der Waals surface area (Å²) in [5, 5.41) is 8.33. The normalized spacial score (nSPS) is 11.1. The van der Waals surface area contributed by atoms with Crippen molar-refractivity contribution in [3.63, 3.8) is 0 Å². The van der Waals surface area contributed by atoms with Crippen molar-refractivity contribution in [3.05, 3.63) is 71.6 Å². The monoisotopic (exact) mass is 399 g/mol. The number of carbonyl (C=O) groups excluding carboxylic acids is 2. The smallest absolute Gasteiger partial charge is 0.253 e. The third-order valence-electron chi connectivity index (χ3n) is 3.44. The highest BCUT2D eigenvalue weighted by atomic mass is 32.1. The minimum Gasteiger partial charge on any atom is -0.347 e. The van der Waals surface area contributed by atoms with Crippen molar-refractivity contribution in [3.8, 4) is 0 Å². The van der Waals surface area contributed by atoms with Crippen LogP contribution in [0.15, 0.2) is 54.6 Å². The third kappa shape index (κ3) is 6.92. The fraction of sp³-hybridized carbons (Fsp3) is 0.190. The summed E-state index contributed by atoms with van der Waals surface area (Å²) in [5.74, 6) is -1.04. The quantitative estimate of drug-likeness (QED) is 0.539. The van der Waals surface area contributed by atoms with E-state index in [-0.39, 0.29) is 22.4 Å². The molecule has 0 fully saturated rings. The summed E-state index contributed by atoms with van der Waals surface area (Å²) in [6, 6.07) is 12.6. The van der Waals surface area contributed by atoms with Crippen LogP contribution in [0, 0.1) is 5.82 Å². The molecule has 0 unspecified atom stereocenters. The first kappa shape index (κ1) is 21.2. The second-order valence-corrected chi connectivity index (χ2v) is 7.49. The lowest BCUT2D eigenvalue weighted by Crippen LogP contribution is -2.41. The van der Waals surface area contributed by atoms with Gasteiger partial charge in [0.1, 0.15) is 5.82 Å². The Morgan fingerprint density at radius 2 is 1.68 bits per heavy atom. The summed E-state index contributed by atoms with van der Waals surface area (Å²) in [5.41, 5.74) is 1.19. The zero-order valence-corrected chi connectivity index (χ0v) is 16.7. The molecule has 0 aliphatic carbocycles. The van der Waals surface area contributed by atoms with Crippen LogP contribution in [0.5, 0.6) is 0 Å². The van der Waals surface area contributed by atoms with Gasteiger partial charge in [0.05, 0.1) is 11.3 Å². The van der Waals surface area contributed by atoms with Crippen LogP contribution in [0.1, 0.15) is 36.7 Å². The molecular weight excluding hydrogens is 377 g/mol. The molecule has 0 heterocycles. The molecule has 0 bridgehead atoms. The molecule has 0 atom stereocenters. The molecule has 2 amide bonds. The van der Waals surface area contributed by atoms with Gasteiger partial charge in [-0.15, -0.1) is 0 Å². The van der Waals surface area contributed by atoms with E-state index in [1.165, 1.54) is 18.2 Å². The van der Waals surface area contributed by atoms with E-state index >= 15 is 0 Å². The van der Waals surface area contributed by atoms with Crippen LogP contribution in [-0.4, -0.2) is 22.5 Å². The highest BCUT2D eigenvalue weighted by molar-refractivity contribution is 7.80. The van der Waals surface area contributed by atoms with Crippen molar-refractivity contribution < 1.29 is 14.0 Å².